The quantitative estimate of drug-likeness (QED) is 0.613. The molecular formula is C15H34N2S. The zero-order valence-electron chi connectivity index (χ0n) is 13.4. The summed E-state index contributed by atoms with van der Waals surface area (Å²) in [7, 11) is 2.25. The van der Waals surface area contributed by atoms with Crippen molar-refractivity contribution in [1.82, 2.24) is 10.2 Å². The van der Waals surface area contributed by atoms with E-state index in [1.165, 1.54) is 38.0 Å². The smallest absolute Gasteiger partial charge is 0.0154 e. The molecule has 0 aliphatic carbocycles. The summed E-state index contributed by atoms with van der Waals surface area (Å²) in [5.41, 5.74) is 0.271. The van der Waals surface area contributed by atoms with Gasteiger partial charge in [-0.05, 0) is 66.9 Å². The van der Waals surface area contributed by atoms with Gasteiger partial charge in [-0.15, -0.1) is 0 Å². The molecule has 3 heteroatoms. The molecule has 0 aliphatic rings. The minimum atomic E-state index is 0.271. The lowest BCUT2D eigenvalue weighted by Gasteiger charge is -2.24. The predicted molar refractivity (Wildman–Crippen MR) is 86.7 cm³/mol. The Kier molecular flexibility index (Phi) is 10.3. The SMILES string of the molecule is CSCC(C)N(C)CCCCCCNC(C)(C)C. The van der Waals surface area contributed by atoms with Crippen LogP contribution in [-0.2, 0) is 0 Å². The van der Waals surface area contributed by atoms with Crippen molar-refractivity contribution >= 4 is 11.8 Å². The van der Waals surface area contributed by atoms with E-state index < -0.39 is 0 Å². The minimum Gasteiger partial charge on any atom is -0.312 e. The molecule has 1 unspecified atom stereocenters. The summed E-state index contributed by atoms with van der Waals surface area (Å²) < 4.78 is 0. The van der Waals surface area contributed by atoms with E-state index in [9.17, 15) is 0 Å². The molecule has 0 rings (SSSR count). The molecular weight excluding hydrogens is 240 g/mol. The Morgan fingerprint density at radius 2 is 1.72 bits per heavy atom. The fraction of sp³-hybridized carbons (Fsp3) is 1.00. The lowest BCUT2D eigenvalue weighted by molar-refractivity contribution is 0.270. The monoisotopic (exact) mass is 274 g/mol. The molecule has 18 heavy (non-hydrogen) atoms. The first-order chi connectivity index (χ1) is 8.37. The first-order valence-corrected chi connectivity index (χ1v) is 8.70. The summed E-state index contributed by atoms with van der Waals surface area (Å²) in [4.78, 5) is 2.49. The molecule has 0 aromatic carbocycles. The average molecular weight is 275 g/mol. The topological polar surface area (TPSA) is 15.3 Å². The fourth-order valence-electron chi connectivity index (χ4n) is 1.89. The van der Waals surface area contributed by atoms with Crippen molar-refractivity contribution in [1.29, 1.82) is 0 Å². The van der Waals surface area contributed by atoms with Crippen molar-refractivity contribution in [2.75, 3.05) is 32.1 Å². The highest BCUT2D eigenvalue weighted by atomic mass is 32.2. The molecule has 0 aliphatic heterocycles. The largest absolute Gasteiger partial charge is 0.312 e. The molecule has 1 N–H and O–H groups in total. The maximum Gasteiger partial charge on any atom is 0.0154 e. The van der Waals surface area contributed by atoms with Crippen LogP contribution in [0.25, 0.3) is 0 Å². The Labute approximate surface area is 119 Å². The molecule has 0 amide bonds. The number of nitrogens with zero attached hydrogens (tertiary/aromatic N) is 1. The molecule has 0 spiro atoms. The van der Waals surface area contributed by atoms with Crippen LogP contribution in [0, 0.1) is 0 Å². The predicted octanol–water partition coefficient (Wildman–Crippen LogP) is 3.62. The maximum absolute atomic E-state index is 3.54. The Balaban J connectivity index is 3.35. The average Bonchev–Trinajstić information content (AvgIpc) is 2.26. The van der Waals surface area contributed by atoms with Crippen molar-refractivity contribution < 1.29 is 0 Å². The molecule has 0 radical (unpaired) electrons. The van der Waals surface area contributed by atoms with E-state index in [0.717, 1.165) is 6.54 Å². The van der Waals surface area contributed by atoms with Gasteiger partial charge < -0.3 is 10.2 Å². The van der Waals surface area contributed by atoms with Crippen LogP contribution in [-0.4, -0.2) is 48.6 Å². The summed E-state index contributed by atoms with van der Waals surface area (Å²) in [6, 6.07) is 0.711. The van der Waals surface area contributed by atoms with Crippen LogP contribution >= 0.6 is 11.8 Å². The van der Waals surface area contributed by atoms with Gasteiger partial charge in [0.25, 0.3) is 0 Å². The molecule has 0 saturated carbocycles. The van der Waals surface area contributed by atoms with Gasteiger partial charge in [0.2, 0.25) is 0 Å². The third kappa shape index (κ3) is 11.4. The van der Waals surface area contributed by atoms with Gasteiger partial charge in [-0.3, -0.25) is 0 Å². The van der Waals surface area contributed by atoms with Crippen molar-refractivity contribution in [2.45, 2.75) is 65.0 Å². The summed E-state index contributed by atoms with van der Waals surface area (Å²) in [6.07, 6.45) is 7.55. The highest BCUT2D eigenvalue weighted by Crippen LogP contribution is 2.07. The van der Waals surface area contributed by atoms with Gasteiger partial charge in [-0.2, -0.15) is 11.8 Å². The van der Waals surface area contributed by atoms with Gasteiger partial charge >= 0.3 is 0 Å². The molecule has 0 bridgehead atoms. The summed E-state index contributed by atoms with van der Waals surface area (Å²) in [5, 5.41) is 3.54. The third-order valence-corrected chi connectivity index (χ3v) is 4.07. The molecule has 2 nitrogen and oxygen atoms in total. The second kappa shape index (κ2) is 10.1. The van der Waals surface area contributed by atoms with E-state index in [2.05, 4.69) is 51.2 Å². The number of unbranched alkanes of at least 4 members (excludes halogenated alkanes) is 3. The molecule has 0 fully saturated rings. The Morgan fingerprint density at radius 3 is 2.28 bits per heavy atom. The molecule has 1 atom stereocenters. The van der Waals surface area contributed by atoms with Crippen LogP contribution in [0.15, 0.2) is 0 Å². The Bertz CT molecular complexity index is 189. The molecule has 0 aromatic heterocycles. The van der Waals surface area contributed by atoms with Crippen LogP contribution in [0.1, 0.15) is 53.4 Å². The molecule has 110 valence electrons. The zero-order chi connectivity index (χ0) is 14.0. The van der Waals surface area contributed by atoms with Crippen molar-refractivity contribution in [3.8, 4) is 0 Å². The number of nitrogens with one attached hydrogen (secondary N) is 1. The fourth-order valence-corrected chi connectivity index (χ4v) is 2.63. The van der Waals surface area contributed by atoms with Gasteiger partial charge in [0.05, 0.1) is 0 Å². The molecule has 0 saturated heterocycles. The van der Waals surface area contributed by atoms with Crippen LogP contribution in [0.5, 0.6) is 0 Å². The van der Waals surface area contributed by atoms with E-state index in [1.807, 2.05) is 11.8 Å². The van der Waals surface area contributed by atoms with Crippen molar-refractivity contribution in [3.63, 3.8) is 0 Å². The lowest BCUT2D eigenvalue weighted by Crippen LogP contribution is -2.36. The number of hydrogen-bond acceptors (Lipinski definition) is 3. The normalized spacial score (nSPS) is 14.2. The molecule has 0 heterocycles. The number of rotatable bonds is 10. The van der Waals surface area contributed by atoms with E-state index >= 15 is 0 Å². The second-order valence-electron chi connectivity index (χ2n) is 6.38. The van der Waals surface area contributed by atoms with Gasteiger partial charge in [-0.25, -0.2) is 0 Å². The number of thioether (sulfide) groups is 1. The summed E-state index contributed by atoms with van der Waals surface area (Å²) in [6.45, 7) is 11.4. The Morgan fingerprint density at radius 1 is 1.11 bits per heavy atom. The Hall–Kier alpha value is 0.270. The molecule has 0 aromatic rings. The van der Waals surface area contributed by atoms with Gasteiger partial charge in [0.1, 0.15) is 0 Å². The van der Waals surface area contributed by atoms with Gasteiger partial charge in [0.15, 0.2) is 0 Å². The van der Waals surface area contributed by atoms with Gasteiger partial charge in [0, 0.05) is 17.3 Å². The first kappa shape index (κ1) is 18.3. The third-order valence-electron chi connectivity index (χ3n) is 3.25. The van der Waals surface area contributed by atoms with E-state index in [4.69, 9.17) is 0 Å². The highest BCUT2D eigenvalue weighted by molar-refractivity contribution is 7.98. The van der Waals surface area contributed by atoms with Crippen LogP contribution in [0.2, 0.25) is 0 Å². The minimum absolute atomic E-state index is 0.271. The van der Waals surface area contributed by atoms with E-state index in [0.29, 0.717) is 6.04 Å². The van der Waals surface area contributed by atoms with E-state index in [1.54, 1.807) is 0 Å². The number of hydrogen-bond donors (Lipinski definition) is 1. The van der Waals surface area contributed by atoms with Gasteiger partial charge in [-0.1, -0.05) is 12.8 Å². The first-order valence-electron chi connectivity index (χ1n) is 7.31. The van der Waals surface area contributed by atoms with Crippen molar-refractivity contribution in [2.24, 2.45) is 0 Å². The maximum atomic E-state index is 3.54. The lowest BCUT2D eigenvalue weighted by atomic mass is 10.1. The summed E-state index contributed by atoms with van der Waals surface area (Å²) in [5.74, 6) is 1.24. The van der Waals surface area contributed by atoms with Crippen LogP contribution in [0.3, 0.4) is 0 Å². The van der Waals surface area contributed by atoms with Crippen LogP contribution in [0.4, 0.5) is 0 Å². The highest BCUT2D eigenvalue weighted by Gasteiger charge is 2.08. The zero-order valence-corrected chi connectivity index (χ0v) is 14.2. The standard InChI is InChI=1S/C15H34N2S/c1-14(13-18-6)17(5)12-10-8-7-9-11-16-15(2,3)4/h14,16H,7-13H2,1-6H3. The summed E-state index contributed by atoms with van der Waals surface area (Å²) >= 11 is 1.94. The van der Waals surface area contributed by atoms with Crippen LogP contribution < -0.4 is 5.32 Å². The van der Waals surface area contributed by atoms with E-state index in [-0.39, 0.29) is 5.54 Å². The second-order valence-corrected chi connectivity index (χ2v) is 7.29. The van der Waals surface area contributed by atoms with Crippen molar-refractivity contribution in [3.05, 3.63) is 0 Å².